The van der Waals surface area contributed by atoms with Crippen molar-refractivity contribution in [3.8, 4) is 23.1 Å². The highest BCUT2D eigenvalue weighted by molar-refractivity contribution is 5.85. The number of amides is 3. The number of hydrogen-bond donors (Lipinski definition) is 1. The molecule has 0 unspecified atom stereocenters. The Balaban J connectivity index is 1.30. The summed E-state index contributed by atoms with van der Waals surface area (Å²) in [6, 6.07) is 7.96. The Morgan fingerprint density at radius 1 is 1.10 bits per heavy atom. The summed E-state index contributed by atoms with van der Waals surface area (Å²) in [5.41, 5.74) is 4.11. The van der Waals surface area contributed by atoms with Crippen molar-refractivity contribution in [2.45, 2.75) is 72.0 Å². The number of carbonyl (C=O) groups is 2. The van der Waals surface area contributed by atoms with Crippen molar-refractivity contribution in [2.24, 2.45) is 4.99 Å². The van der Waals surface area contributed by atoms with E-state index >= 15 is 0 Å². The van der Waals surface area contributed by atoms with Crippen LogP contribution >= 0.6 is 0 Å². The maximum Gasteiger partial charge on any atom is 0.331 e. The summed E-state index contributed by atoms with van der Waals surface area (Å²) in [6.45, 7) is 8.89. The number of hydrogen-bond acceptors (Lipinski definition) is 5. The number of benzene rings is 1. The highest BCUT2D eigenvalue weighted by Gasteiger charge is 2.32. The Morgan fingerprint density at radius 2 is 1.85 bits per heavy atom. The highest BCUT2D eigenvalue weighted by Crippen LogP contribution is 2.24. The molecule has 1 N–H and O–H groups in total. The standard InChI is InChI=1S/C31H36N6O4/c1-20(2)37-29(39)26(25-8-5-7-21(3)22(25)4)18-35(31(37)41)19-28(38)34-14-11-24(12-15-34)36-16-10-23-17-32-13-6-9-27(23)33-30(36)40/h5,7-8,17-18,20,24H,9-12,14-16,19H2,1-4H3,(H,33,40). The van der Waals surface area contributed by atoms with E-state index < -0.39 is 5.69 Å². The number of nitrogens with zero attached hydrogens (tertiary/aromatic N) is 5. The quantitative estimate of drug-likeness (QED) is 0.571. The SMILES string of the molecule is Cc1cccc(-c2cn(CC(=O)N3CCC(N4CCC5=C(CC#CN=C5)NC4=O)CC3)c(=O)n(C(C)C)c2=O)c1C. The molecule has 0 saturated carbocycles. The highest BCUT2D eigenvalue weighted by atomic mass is 16.2. The van der Waals surface area contributed by atoms with Gasteiger partial charge >= 0.3 is 11.7 Å². The smallest absolute Gasteiger partial charge is 0.331 e. The summed E-state index contributed by atoms with van der Waals surface area (Å²) in [4.78, 5) is 60.8. The van der Waals surface area contributed by atoms with Gasteiger partial charge in [-0.2, -0.15) is 0 Å². The molecule has 0 radical (unpaired) electrons. The normalized spacial score (nSPS) is 17.5. The zero-order chi connectivity index (χ0) is 29.3. The van der Waals surface area contributed by atoms with Gasteiger partial charge in [0.25, 0.3) is 5.56 Å². The summed E-state index contributed by atoms with van der Waals surface area (Å²) in [6.07, 6.45) is 5.71. The number of piperidine rings is 1. The molecule has 0 atom stereocenters. The van der Waals surface area contributed by atoms with Gasteiger partial charge in [0.1, 0.15) is 6.54 Å². The molecule has 1 fully saturated rings. The predicted octanol–water partition coefficient (Wildman–Crippen LogP) is 2.97. The topological polar surface area (TPSA) is 109 Å². The van der Waals surface area contributed by atoms with Gasteiger partial charge in [-0.15, -0.1) is 0 Å². The second-order valence-corrected chi connectivity index (χ2v) is 11.2. The molecular formula is C31H36N6O4. The lowest BCUT2D eigenvalue weighted by atomic mass is 9.99. The van der Waals surface area contributed by atoms with Gasteiger partial charge in [0.2, 0.25) is 5.91 Å². The number of aromatic nitrogens is 2. The Labute approximate surface area is 239 Å². The Kier molecular flexibility index (Phi) is 7.97. The second-order valence-electron chi connectivity index (χ2n) is 11.2. The van der Waals surface area contributed by atoms with E-state index in [-0.39, 0.29) is 36.1 Å². The van der Waals surface area contributed by atoms with Gasteiger partial charge in [0.15, 0.2) is 0 Å². The van der Waals surface area contributed by atoms with Crippen molar-refractivity contribution in [2.75, 3.05) is 19.6 Å². The molecule has 1 aromatic heterocycles. The lowest BCUT2D eigenvalue weighted by Gasteiger charge is -2.38. The third kappa shape index (κ3) is 5.62. The van der Waals surface area contributed by atoms with Crippen LogP contribution < -0.4 is 16.6 Å². The van der Waals surface area contributed by atoms with Crippen LogP contribution in [0.1, 0.15) is 56.7 Å². The molecule has 2 aromatic rings. The van der Waals surface area contributed by atoms with Crippen molar-refractivity contribution in [3.05, 3.63) is 67.6 Å². The lowest BCUT2D eigenvalue weighted by molar-refractivity contribution is -0.133. The lowest BCUT2D eigenvalue weighted by Crippen LogP contribution is -2.52. The van der Waals surface area contributed by atoms with Crippen LogP contribution in [0.2, 0.25) is 0 Å². The van der Waals surface area contributed by atoms with E-state index in [1.54, 1.807) is 25.0 Å². The van der Waals surface area contributed by atoms with Gasteiger partial charge in [-0.05, 0) is 69.2 Å². The molecule has 0 aliphatic carbocycles. The van der Waals surface area contributed by atoms with Crippen molar-refractivity contribution < 1.29 is 9.59 Å². The minimum Gasteiger partial charge on any atom is -0.341 e. The fraction of sp³-hybridized carbons (Fsp3) is 0.452. The van der Waals surface area contributed by atoms with E-state index in [2.05, 4.69) is 22.3 Å². The molecule has 3 amide bonds. The van der Waals surface area contributed by atoms with Crippen LogP contribution in [0.25, 0.3) is 11.1 Å². The fourth-order valence-electron chi connectivity index (χ4n) is 5.80. The van der Waals surface area contributed by atoms with Crippen molar-refractivity contribution in [1.82, 2.24) is 24.3 Å². The predicted molar refractivity (Wildman–Crippen MR) is 158 cm³/mol. The molecule has 10 heteroatoms. The Hall–Kier alpha value is -4.39. The van der Waals surface area contributed by atoms with E-state index in [0.29, 0.717) is 50.9 Å². The maximum absolute atomic E-state index is 13.4. The fourth-order valence-corrected chi connectivity index (χ4v) is 5.80. The van der Waals surface area contributed by atoms with Gasteiger partial charge < -0.3 is 15.1 Å². The first-order valence-corrected chi connectivity index (χ1v) is 14.2. The molecule has 3 aliphatic rings. The van der Waals surface area contributed by atoms with Gasteiger partial charge in [-0.3, -0.25) is 18.7 Å². The first-order chi connectivity index (χ1) is 19.7. The minimum atomic E-state index is -0.496. The molecule has 41 heavy (non-hydrogen) atoms. The molecule has 5 rings (SSSR count). The Bertz CT molecular complexity index is 1630. The first-order valence-electron chi connectivity index (χ1n) is 14.2. The van der Waals surface area contributed by atoms with Crippen LogP contribution in [0.15, 0.2) is 50.2 Å². The maximum atomic E-state index is 13.4. The number of urea groups is 1. The van der Waals surface area contributed by atoms with Crippen molar-refractivity contribution in [3.63, 3.8) is 0 Å². The molecule has 0 spiro atoms. The molecular weight excluding hydrogens is 520 g/mol. The second kappa shape index (κ2) is 11.6. The van der Waals surface area contributed by atoms with Crippen LogP contribution in [0.3, 0.4) is 0 Å². The molecule has 0 bridgehead atoms. The zero-order valence-electron chi connectivity index (χ0n) is 24.1. The average molecular weight is 557 g/mol. The molecule has 214 valence electrons. The van der Waals surface area contributed by atoms with Gasteiger partial charge in [0.05, 0.1) is 12.0 Å². The minimum absolute atomic E-state index is 0.00656. The number of aliphatic imine (C=N–C) groups is 1. The van der Waals surface area contributed by atoms with Crippen LogP contribution in [0.4, 0.5) is 4.79 Å². The van der Waals surface area contributed by atoms with Crippen LogP contribution in [0.5, 0.6) is 0 Å². The van der Waals surface area contributed by atoms with Crippen molar-refractivity contribution >= 4 is 18.2 Å². The van der Waals surface area contributed by atoms with Crippen LogP contribution in [-0.4, -0.2) is 62.8 Å². The van der Waals surface area contributed by atoms with Gasteiger partial charge in [-0.1, -0.05) is 24.1 Å². The third-order valence-corrected chi connectivity index (χ3v) is 8.32. The van der Waals surface area contributed by atoms with E-state index in [0.717, 1.165) is 28.0 Å². The summed E-state index contributed by atoms with van der Waals surface area (Å²) < 4.78 is 2.58. The average Bonchev–Trinajstić information content (AvgIpc) is 3.25. The number of carbonyl (C=O) groups excluding carboxylic acids is 2. The molecule has 4 heterocycles. The van der Waals surface area contributed by atoms with E-state index in [9.17, 15) is 19.2 Å². The number of allylic oxidation sites excluding steroid dienone is 1. The zero-order valence-corrected chi connectivity index (χ0v) is 24.1. The molecule has 3 aliphatic heterocycles. The van der Waals surface area contributed by atoms with Gasteiger partial charge in [0, 0.05) is 55.9 Å². The molecule has 1 saturated heterocycles. The van der Waals surface area contributed by atoms with E-state index in [1.807, 2.05) is 36.9 Å². The third-order valence-electron chi connectivity index (χ3n) is 8.32. The van der Waals surface area contributed by atoms with Crippen molar-refractivity contribution in [1.29, 1.82) is 0 Å². The first kappa shape index (κ1) is 28.1. The number of rotatable bonds is 5. The summed E-state index contributed by atoms with van der Waals surface area (Å²) >= 11 is 0. The number of likely N-dealkylation sites (tertiary alicyclic amines) is 1. The van der Waals surface area contributed by atoms with E-state index in [4.69, 9.17) is 0 Å². The summed E-state index contributed by atoms with van der Waals surface area (Å²) in [7, 11) is 0. The van der Waals surface area contributed by atoms with Crippen LogP contribution in [-0.2, 0) is 11.3 Å². The number of aryl methyl sites for hydroxylation is 1. The van der Waals surface area contributed by atoms with Gasteiger partial charge in [-0.25, -0.2) is 14.6 Å². The molecule has 1 aromatic carbocycles. The largest absolute Gasteiger partial charge is 0.341 e. The summed E-state index contributed by atoms with van der Waals surface area (Å²) in [5.74, 6) is 2.75. The summed E-state index contributed by atoms with van der Waals surface area (Å²) in [5, 5.41) is 3.01. The Morgan fingerprint density at radius 3 is 2.59 bits per heavy atom. The van der Waals surface area contributed by atoms with Crippen LogP contribution in [0, 0.1) is 25.8 Å². The number of nitrogens with one attached hydrogen (secondary N) is 1. The van der Waals surface area contributed by atoms with E-state index in [1.165, 1.54) is 15.3 Å². The monoisotopic (exact) mass is 556 g/mol. The molecule has 10 nitrogen and oxygen atoms in total.